The molecule has 0 saturated carbocycles. The first kappa shape index (κ1) is 11.7. The first-order valence-electron chi connectivity index (χ1n) is 5.44. The van der Waals surface area contributed by atoms with E-state index in [4.69, 9.17) is 0 Å². The molecule has 2 rings (SSSR count). The monoisotopic (exact) mass is 231 g/mol. The number of halogens is 1. The van der Waals surface area contributed by atoms with Gasteiger partial charge in [0, 0.05) is 18.3 Å². The number of hydrogen-bond donors (Lipinski definition) is 1. The molecule has 0 fully saturated rings. The Morgan fingerprint density at radius 2 is 2.12 bits per heavy atom. The third-order valence-corrected chi connectivity index (χ3v) is 2.49. The molecule has 17 heavy (non-hydrogen) atoms. The van der Waals surface area contributed by atoms with Gasteiger partial charge in [-0.25, -0.2) is 14.4 Å². The van der Waals surface area contributed by atoms with Crippen molar-refractivity contribution in [2.75, 3.05) is 7.05 Å². The number of benzene rings is 1. The Morgan fingerprint density at radius 3 is 2.82 bits per heavy atom. The topological polar surface area (TPSA) is 37.8 Å². The lowest BCUT2D eigenvalue weighted by molar-refractivity contribution is 0.618. The van der Waals surface area contributed by atoms with Crippen molar-refractivity contribution in [2.45, 2.75) is 13.5 Å². The average Bonchev–Trinajstić information content (AvgIpc) is 2.33. The van der Waals surface area contributed by atoms with E-state index in [9.17, 15) is 4.39 Å². The molecular formula is C13H14FN3. The van der Waals surface area contributed by atoms with E-state index < -0.39 is 0 Å². The van der Waals surface area contributed by atoms with Gasteiger partial charge in [0.15, 0.2) is 5.82 Å². The molecule has 0 radical (unpaired) electrons. The van der Waals surface area contributed by atoms with Gasteiger partial charge in [0.2, 0.25) is 0 Å². The smallest absolute Gasteiger partial charge is 0.159 e. The summed E-state index contributed by atoms with van der Waals surface area (Å²) in [5.74, 6) is 0.418. The van der Waals surface area contributed by atoms with E-state index >= 15 is 0 Å². The molecule has 1 aromatic heterocycles. The quantitative estimate of drug-likeness (QED) is 0.880. The summed E-state index contributed by atoms with van der Waals surface area (Å²) in [6.07, 6.45) is 1.72. The fourth-order valence-electron chi connectivity index (χ4n) is 1.60. The maximum Gasteiger partial charge on any atom is 0.159 e. The predicted octanol–water partition coefficient (Wildman–Crippen LogP) is 2.31. The van der Waals surface area contributed by atoms with Crippen LogP contribution in [0.3, 0.4) is 0 Å². The van der Waals surface area contributed by atoms with E-state index in [1.54, 1.807) is 25.3 Å². The van der Waals surface area contributed by atoms with Crippen molar-refractivity contribution in [1.29, 1.82) is 0 Å². The zero-order valence-corrected chi connectivity index (χ0v) is 9.87. The van der Waals surface area contributed by atoms with Crippen LogP contribution in [0.5, 0.6) is 0 Å². The number of nitrogens with zero attached hydrogens (tertiary/aromatic N) is 2. The minimum atomic E-state index is -0.208. The van der Waals surface area contributed by atoms with Gasteiger partial charge in [0.25, 0.3) is 0 Å². The van der Waals surface area contributed by atoms with Crippen LogP contribution in [0.25, 0.3) is 11.4 Å². The van der Waals surface area contributed by atoms with Crippen LogP contribution in [0.4, 0.5) is 4.39 Å². The molecule has 1 heterocycles. The maximum atomic E-state index is 13.2. The van der Waals surface area contributed by atoms with Crippen molar-refractivity contribution in [3.05, 3.63) is 47.5 Å². The largest absolute Gasteiger partial charge is 0.314 e. The van der Waals surface area contributed by atoms with E-state index in [1.807, 2.05) is 13.1 Å². The highest BCUT2D eigenvalue weighted by molar-refractivity contribution is 5.56. The molecule has 0 aliphatic rings. The van der Waals surface area contributed by atoms with Crippen molar-refractivity contribution in [1.82, 2.24) is 15.3 Å². The molecule has 0 amide bonds. The van der Waals surface area contributed by atoms with E-state index in [0.29, 0.717) is 17.9 Å². The van der Waals surface area contributed by atoms with Crippen molar-refractivity contribution < 1.29 is 4.39 Å². The number of aryl methyl sites for hydroxylation is 1. The zero-order chi connectivity index (χ0) is 12.3. The van der Waals surface area contributed by atoms with Crippen molar-refractivity contribution in [3.63, 3.8) is 0 Å². The average molecular weight is 231 g/mol. The van der Waals surface area contributed by atoms with Crippen LogP contribution in [0.2, 0.25) is 0 Å². The fraction of sp³-hybridized carbons (Fsp3) is 0.231. The molecule has 0 unspecified atom stereocenters. The van der Waals surface area contributed by atoms with Crippen LogP contribution in [-0.4, -0.2) is 17.0 Å². The van der Waals surface area contributed by atoms with Crippen LogP contribution < -0.4 is 5.32 Å². The molecule has 0 aliphatic carbocycles. The molecule has 2 aromatic rings. The molecule has 0 saturated heterocycles. The molecule has 3 nitrogen and oxygen atoms in total. The van der Waals surface area contributed by atoms with Gasteiger partial charge in [0.05, 0.1) is 5.69 Å². The normalized spacial score (nSPS) is 10.5. The molecule has 0 aliphatic heterocycles. The summed E-state index contributed by atoms with van der Waals surface area (Å²) < 4.78 is 13.2. The second kappa shape index (κ2) is 5.01. The molecule has 0 atom stereocenters. The van der Waals surface area contributed by atoms with E-state index in [-0.39, 0.29) is 5.82 Å². The lowest BCUT2D eigenvalue weighted by atomic mass is 10.1. The maximum absolute atomic E-state index is 13.2. The minimum absolute atomic E-state index is 0.208. The van der Waals surface area contributed by atoms with Crippen LogP contribution in [-0.2, 0) is 6.54 Å². The van der Waals surface area contributed by atoms with Gasteiger partial charge in [-0.15, -0.1) is 0 Å². The Kier molecular flexibility index (Phi) is 3.44. The van der Waals surface area contributed by atoms with Crippen molar-refractivity contribution >= 4 is 0 Å². The SMILES string of the molecule is CNCc1ccnc(-c2ccc(F)c(C)c2)n1. The van der Waals surface area contributed by atoms with Gasteiger partial charge in [0.1, 0.15) is 5.82 Å². The summed E-state index contributed by atoms with van der Waals surface area (Å²) in [6, 6.07) is 6.75. The number of rotatable bonds is 3. The minimum Gasteiger partial charge on any atom is -0.314 e. The van der Waals surface area contributed by atoms with Crippen LogP contribution in [0.1, 0.15) is 11.3 Å². The van der Waals surface area contributed by atoms with Crippen LogP contribution in [0.15, 0.2) is 30.5 Å². The van der Waals surface area contributed by atoms with E-state index in [2.05, 4.69) is 15.3 Å². The van der Waals surface area contributed by atoms with Gasteiger partial charge < -0.3 is 5.32 Å². The van der Waals surface area contributed by atoms with Crippen molar-refractivity contribution in [2.24, 2.45) is 0 Å². The van der Waals surface area contributed by atoms with Gasteiger partial charge in [-0.3, -0.25) is 0 Å². The molecule has 1 N–H and O–H groups in total. The summed E-state index contributed by atoms with van der Waals surface area (Å²) in [5, 5.41) is 3.03. The lowest BCUT2D eigenvalue weighted by Gasteiger charge is -2.04. The summed E-state index contributed by atoms with van der Waals surface area (Å²) in [7, 11) is 1.86. The third-order valence-electron chi connectivity index (χ3n) is 2.49. The summed E-state index contributed by atoms with van der Waals surface area (Å²) >= 11 is 0. The third kappa shape index (κ3) is 2.65. The van der Waals surface area contributed by atoms with Crippen molar-refractivity contribution in [3.8, 4) is 11.4 Å². The summed E-state index contributed by atoms with van der Waals surface area (Å²) in [4.78, 5) is 8.61. The van der Waals surface area contributed by atoms with Gasteiger partial charge in [-0.1, -0.05) is 0 Å². The Bertz CT molecular complexity index is 526. The molecule has 0 spiro atoms. The van der Waals surface area contributed by atoms with E-state index in [1.165, 1.54) is 6.07 Å². The van der Waals surface area contributed by atoms with Crippen LogP contribution >= 0.6 is 0 Å². The van der Waals surface area contributed by atoms with Gasteiger partial charge >= 0.3 is 0 Å². The lowest BCUT2D eigenvalue weighted by Crippen LogP contribution is -2.07. The highest BCUT2D eigenvalue weighted by Gasteiger charge is 2.05. The summed E-state index contributed by atoms with van der Waals surface area (Å²) in [6.45, 7) is 2.42. The predicted molar refractivity (Wildman–Crippen MR) is 64.9 cm³/mol. The summed E-state index contributed by atoms with van der Waals surface area (Å²) in [5.41, 5.74) is 2.35. The van der Waals surface area contributed by atoms with E-state index in [0.717, 1.165) is 11.3 Å². The molecule has 0 bridgehead atoms. The number of hydrogen-bond acceptors (Lipinski definition) is 3. The van der Waals surface area contributed by atoms with Gasteiger partial charge in [-0.2, -0.15) is 0 Å². The Labute approximate surface area is 99.7 Å². The second-order valence-corrected chi connectivity index (χ2v) is 3.87. The highest BCUT2D eigenvalue weighted by Crippen LogP contribution is 2.18. The second-order valence-electron chi connectivity index (χ2n) is 3.87. The first-order valence-corrected chi connectivity index (χ1v) is 5.44. The van der Waals surface area contributed by atoms with Crippen LogP contribution in [0, 0.1) is 12.7 Å². The molecule has 88 valence electrons. The standard InChI is InChI=1S/C13H14FN3/c1-9-7-10(3-4-12(9)14)13-16-6-5-11(17-13)8-15-2/h3-7,15H,8H2,1-2H3. The number of aromatic nitrogens is 2. The molecular weight excluding hydrogens is 217 g/mol. The Hall–Kier alpha value is -1.81. The first-order chi connectivity index (χ1) is 8.20. The highest BCUT2D eigenvalue weighted by atomic mass is 19.1. The fourth-order valence-corrected chi connectivity index (χ4v) is 1.60. The Morgan fingerprint density at radius 1 is 1.29 bits per heavy atom. The molecule has 4 heteroatoms. The zero-order valence-electron chi connectivity index (χ0n) is 9.87. The molecule has 1 aromatic carbocycles. The number of nitrogens with one attached hydrogen (secondary N) is 1. The van der Waals surface area contributed by atoms with Gasteiger partial charge in [-0.05, 0) is 43.8 Å². The Balaban J connectivity index is 2.38.